The molecule has 0 bridgehead atoms. The lowest BCUT2D eigenvalue weighted by Crippen LogP contribution is -2.33. The average Bonchev–Trinajstić information content (AvgIpc) is 2.66. The van der Waals surface area contributed by atoms with E-state index in [4.69, 9.17) is 0 Å². The number of hydrazine groups is 1. The molecule has 3 heteroatoms. The van der Waals surface area contributed by atoms with Gasteiger partial charge in [-0.1, -0.05) is 42.5 Å². The predicted molar refractivity (Wildman–Crippen MR) is 59.8 cm³/mol. The lowest BCUT2D eigenvalue weighted by Gasteiger charge is -2.10. The van der Waals surface area contributed by atoms with Gasteiger partial charge >= 0.3 is 0 Å². The van der Waals surface area contributed by atoms with Crippen molar-refractivity contribution in [3.8, 4) is 0 Å². The fraction of sp³-hybridized carbons (Fsp3) is 0.250. The first kappa shape index (κ1) is 9.93. The number of hydrogen-bond donors (Lipinski definition) is 1. The van der Waals surface area contributed by atoms with Gasteiger partial charge in [-0.05, 0) is 5.56 Å². The highest BCUT2D eigenvalue weighted by atomic mass is 16.2. The summed E-state index contributed by atoms with van der Waals surface area (Å²) in [7, 11) is 0. The normalized spacial score (nSPS) is 17.2. The second-order valence-electron chi connectivity index (χ2n) is 3.54. The van der Waals surface area contributed by atoms with Crippen LogP contribution in [0.1, 0.15) is 12.0 Å². The van der Waals surface area contributed by atoms with E-state index in [9.17, 15) is 4.79 Å². The third-order valence-corrected chi connectivity index (χ3v) is 2.33. The molecule has 0 aromatic heterocycles. The Morgan fingerprint density at radius 1 is 1.33 bits per heavy atom. The van der Waals surface area contributed by atoms with Crippen LogP contribution in [0.4, 0.5) is 0 Å². The molecule has 0 unspecified atom stereocenters. The first-order chi connectivity index (χ1) is 7.34. The minimum atomic E-state index is 0.114. The quantitative estimate of drug-likeness (QED) is 0.804. The van der Waals surface area contributed by atoms with E-state index in [0.29, 0.717) is 6.42 Å². The van der Waals surface area contributed by atoms with Crippen molar-refractivity contribution in [3.63, 3.8) is 0 Å². The van der Waals surface area contributed by atoms with E-state index >= 15 is 0 Å². The average molecular weight is 202 g/mol. The fourth-order valence-corrected chi connectivity index (χ4v) is 1.54. The molecule has 1 aliphatic heterocycles. The highest BCUT2D eigenvalue weighted by Crippen LogP contribution is 2.02. The second kappa shape index (κ2) is 4.75. The van der Waals surface area contributed by atoms with Crippen LogP contribution in [0.15, 0.2) is 36.4 Å². The van der Waals surface area contributed by atoms with Gasteiger partial charge in [0, 0.05) is 19.5 Å². The van der Waals surface area contributed by atoms with Gasteiger partial charge in [-0.2, -0.15) is 0 Å². The summed E-state index contributed by atoms with van der Waals surface area (Å²) in [6.07, 6.45) is 4.73. The summed E-state index contributed by atoms with van der Waals surface area (Å²) in [6, 6.07) is 10.1. The Labute approximate surface area is 89.4 Å². The highest BCUT2D eigenvalue weighted by Gasteiger charge is 2.15. The summed E-state index contributed by atoms with van der Waals surface area (Å²) in [5, 5.41) is 1.92. The van der Waals surface area contributed by atoms with Crippen LogP contribution in [0.2, 0.25) is 0 Å². The molecule has 1 aliphatic rings. The summed E-state index contributed by atoms with van der Waals surface area (Å²) in [5.41, 5.74) is 3.97. The van der Waals surface area contributed by atoms with Crippen molar-refractivity contribution in [1.82, 2.24) is 10.4 Å². The van der Waals surface area contributed by atoms with E-state index in [1.165, 1.54) is 5.56 Å². The van der Waals surface area contributed by atoms with Crippen molar-refractivity contribution in [2.24, 2.45) is 0 Å². The smallest absolute Gasteiger partial charge is 0.235 e. The Morgan fingerprint density at radius 3 is 2.80 bits per heavy atom. The molecule has 0 spiro atoms. The summed E-state index contributed by atoms with van der Waals surface area (Å²) >= 11 is 0. The molecule has 3 nitrogen and oxygen atoms in total. The minimum absolute atomic E-state index is 0.114. The molecule has 0 aliphatic carbocycles. The highest BCUT2D eigenvalue weighted by molar-refractivity contribution is 5.77. The van der Waals surface area contributed by atoms with Crippen molar-refractivity contribution in [1.29, 1.82) is 0 Å². The Balaban J connectivity index is 1.83. The maximum Gasteiger partial charge on any atom is 0.235 e. The maximum atomic E-state index is 10.9. The first-order valence-corrected chi connectivity index (χ1v) is 5.10. The van der Waals surface area contributed by atoms with Gasteiger partial charge in [0.05, 0.1) is 0 Å². The molecule has 1 amide bonds. The molecule has 0 atom stereocenters. The monoisotopic (exact) mass is 202 g/mol. The van der Waals surface area contributed by atoms with Gasteiger partial charge < -0.3 is 0 Å². The third kappa shape index (κ3) is 2.92. The number of hydrogen-bond acceptors (Lipinski definition) is 2. The van der Waals surface area contributed by atoms with Crippen LogP contribution in [-0.2, 0) is 4.79 Å². The largest absolute Gasteiger partial charge is 0.289 e. The molecule has 0 saturated carbocycles. The van der Waals surface area contributed by atoms with E-state index in [1.54, 1.807) is 0 Å². The Morgan fingerprint density at radius 2 is 2.13 bits per heavy atom. The standard InChI is InChI=1S/C12H14N2O/c15-12-8-10-14(13-12)9-4-7-11-5-2-1-3-6-11/h1-7H,8-10H2,(H,13,15)/b7-4+. The van der Waals surface area contributed by atoms with E-state index in [0.717, 1.165) is 13.1 Å². The topological polar surface area (TPSA) is 32.3 Å². The lowest BCUT2D eigenvalue weighted by atomic mass is 10.2. The van der Waals surface area contributed by atoms with Gasteiger partial charge in [-0.25, -0.2) is 5.01 Å². The Hall–Kier alpha value is -1.61. The summed E-state index contributed by atoms with van der Waals surface area (Å²) in [5.74, 6) is 0.114. The van der Waals surface area contributed by atoms with Gasteiger partial charge in [0.25, 0.3) is 0 Å². The third-order valence-electron chi connectivity index (χ3n) is 2.33. The lowest BCUT2D eigenvalue weighted by molar-refractivity contribution is -0.120. The zero-order valence-corrected chi connectivity index (χ0v) is 8.52. The molecular formula is C12H14N2O. The molecule has 1 fully saturated rings. The number of amides is 1. The van der Waals surface area contributed by atoms with Crippen molar-refractivity contribution >= 4 is 12.0 Å². The molecule has 2 rings (SSSR count). The van der Waals surface area contributed by atoms with Gasteiger partial charge in [-0.15, -0.1) is 0 Å². The molecule has 78 valence electrons. The van der Waals surface area contributed by atoms with Crippen molar-refractivity contribution in [2.75, 3.05) is 13.1 Å². The van der Waals surface area contributed by atoms with E-state index < -0.39 is 0 Å². The fourth-order valence-electron chi connectivity index (χ4n) is 1.54. The van der Waals surface area contributed by atoms with Crippen molar-refractivity contribution in [3.05, 3.63) is 42.0 Å². The molecule has 1 saturated heterocycles. The number of benzene rings is 1. The molecule has 1 aromatic carbocycles. The summed E-state index contributed by atoms with van der Waals surface area (Å²) < 4.78 is 0. The number of carbonyl (C=O) groups excluding carboxylic acids is 1. The predicted octanol–water partition coefficient (Wildman–Crippen LogP) is 1.44. The zero-order valence-electron chi connectivity index (χ0n) is 8.52. The van der Waals surface area contributed by atoms with E-state index in [1.807, 2.05) is 23.2 Å². The molecule has 15 heavy (non-hydrogen) atoms. The van der Waals surface area contributed by atoms with E-state index in [-0.39, 0.29) is 5.91 Å². The molecule has 1 N–H and O–H groups in total. The number of nitrogens with zero attached hydrogens (tertiary/aromatic N) is 1. The minimum Gasteiger partial charge on any atom is -0.289 e. The SMILES string of the molecule is O=C1CCN(C/C=C/c2ccccc2)N1. The number of rotatable bonds is 3. The van der Waals surface area contributed by atoms with Crippen LogP contribution in [-0.4, -0.2) is 24.0 Å². The zero-order chi connectivity index (χ0) is 10.5. The summed E-state index contributed by atoms with van der Waals surface area (Å²) in [6.45, 7) is 1.57. The van der Waals surface area contributed by atoms with Crippen LogP contribution in [0.3, 0.4) is 0 Å². The van der Waals surface area contributed by atoms with Crippen LogP contribution in [0.5, 0.6) is 0 Å². The second-order valence-corrected chi connectivity index (χ2v) is 3.54. The van der Waals surface area contributed by atoms with Crippen LogP contribution in [0, 0.1) is 0 Å². The Kier molecular flexibility index (Phi) is 3.15. The molecule has 0 radical (unpaired) electrons. The van der Waals surface area contributed by atoms with Crippen molar-refractivity contribution in [2.45, 2.75) is 6.42 Å². The maximum absolute atomic E-state index is 10.9. The van der Waals surface area contributed by atoms with Crippen LogP contribution >= 0.6 is 0 Å². The summed E-state index contributed by atoms with van der Waals surface area (Å²) in [4.78, 5) is 10.9. The van der Waals surface area contributed by atoms with Gasteiger partial charge in [0.2, 0.25) is 5.91 Å². The van der Waals surface area contributed by atoms with Crippen LogP contribution < -0.4 is 5.43 Å². The van der Waals surface area contributed by atoms with E-state index in [2.05, 4.69) is 29.7 Å². The van der Waals surface area contributed by atoms with Crippen LogP contribution in [0.25, 0.3) is 6.08 Å². The van der Waals surface area contributed by atoms with Crippen molar-refractivity contribution < 1.29 is 4.79 Å². The molecular weight excluding hydrogens is 188 g/mol. The molecule has 1 aromatic rings. The van der Waals surface area contributed by atoms with Gasteiger partial charge in [-0.3, -0.25) is 10.2 Å². The van der Waals surface area contributed by atoms with Gasteiger partial charge in [0.1, 0.15) is 0 Å². The molecule has 1 heterocycles. The Bertz CT molecular complexity index is 359. The first-order valence-electron chi connectivity index (χ1n) is 5.10. The number of carbonyl (C=O) groups is 1. The van der Waals surface area contributed by atoms with Gasteiger partial charge in [0.15, 0.2) is 0 Å². The number of nitrogens with one attached hydrogen (secondary N) is 1.